The standard InChI is InChI=1S/C25H29N3O3/c29-16-19-20-15-28-21(23(26-20)22(19)25(31)27-13-5-2-6-14-27)12-11-18(24(28)30)10-9-17-7-3-1-4-8-17/h1,3-4,7-12,19-20,22-23,26,29H,2,5-6,13-16H2/b10-9+/t19-,20-,22+,23+/m1/s1. The van der Waals surface area contributed by atoms with Gasteiger partial charge >= 0.3 is 0 Å². The van der Waals surface area contributed by atoms with E-state index in [1.165, 1.54) is 6.42 Å². The zero-order valence-corrected chi connectivity index (χ0v) is 17.6. The molecule has 31 heavy (non-hydrogen) atoms. The molecule has 0 unspecified atom stereocenters. The summed E-state index contributed by atoms with van der Waals surface area (Å²) in [5.41, 5.74) is 2.49. The Hall–Kier alpha value is -2.70. The van der Waals surface area contributed by atoms with Gasteiger partial charge in [-0.15, -0.1) is 0 Å². The van der Waals surface area contributed by atoms with Crippen molar-refractivity contribution in [2.24, 2.45) is 11.8 Å². The lowest BCUT2D eigenvalue weighted by atomic mass is 9.85. The number of aromatic nitrogens is 1. The van der Waals surface area contributed by atoms with Gasteiger partial charge in [-0.3, -0.25) is 9.59 Å². The molecule has 1 aromatic carbocycles. The normalized spacial score (nSPS) is 27.5. The van der Waals surface area contributed by atoms with Gasteiger partial charge in [0, 0.05) is 49.5 Å². The Kier molecular flexibility index (Phi) is 5.50. The number of aliphatic hydroxyl groups is 1. The van der Waals surface area contributed by atoms with E-state index >= 15 is 0 Å². The largest absolute Gasteiger partial charge is 0.396 e. The topological polar surface area (TPSA) is 74.6 Å². The van der Waals surface area contributed by atoms with Crippen molar-refractivity contribution in [2.45, 2.75) is 37.9 Å². The maximum atomic E-state index is 13.4. The Morgan fingerprint density at radius 2 is 1.84 bits per heavy atom. The number of piperidine rings is 1. The molecule has 5 rings (SSSR count). The number of aliphatic hydroxyl groups excluding tert-OH is 1. The number of benzene rings is 1. The van der Waals surface area contributed by atoms with Crippen LogP contribution in [0.1, 0.15) is 42.1 Å². The van der Waals surface area contributed by atoms with Gasteiger partial charge in [0.05, 0.1) is 12.0 Å². The minimum absolute atomic E-state index is 0.0380. The number of hydrogen-bond acceptors (Lipinski definition) is 4. The molecule has 0 aliphatic carbocycles. The van der Waals surface area contributed by atoms with Crippen molar-refractivity contribution in [1.29, 1.82) is 0 Å². The van der Waals surface area contributed by atoms with Crippen molar-refractivity contribution in [3.05, 3.63) is 69.6 Å². The highest BCUT2D eigenvalue weighted by Gasteiger charge is 2.51. The molecule has 1 aromatic heterocycles. The minimum atomic E-state index is -0.327. The van der Waals surface area contributed by atoms with Crippen LogP contribution in [0.5, 0.6) is 0 Å². The van der Waals surface area contributed by atoms with E-state index in [4.69, 9.17) is 0 Å². The highest BCUT2D eigenvalue weighted by molar-refractivity contribution is 5.81. The monoisotopic (exact) mass is 419 g/mol. The van der Waals surface area contributed by atoms with Gasteiger partial charge in [-0.25, -0.2) is 0 Å². The SMILES string of the molecule is O=C([C@H]1[C@H](CO)[C@H]2Cn3c(ccc(/C=C/c4ccccc4)c3=O)[C@@H]1N2)N1CCCCC1. The Morgan fingerprint density at radius 3 is 2.58 bits per heavy atom. The number of amides is 1. The maximum absolute atomic E-state index is 13.4. The number of pyridine rings is 1. The fourth-order valence-electron chi connectivity index (χ4n) is 5.45. The van der Waals surface area contributed by atoms with Crippen LogP contribution >= 0.6 is 0 Å². The molecule has 3 aliphatic heterocycles. The van der Waals surface area contributed by atoms with Gasteiger partial charge in [-0.05, 0) is 43.0 Å². The summed E-state index contributed by atoms with van der Waals surface area (Å²) in [5, 5.41) is 13.7. The van der Waals surface area contributed by atoms with Crippen LogP contribution < -0.4 is 10.9 Å². The van der Waals surface area contributed by atoms with Gasteiger partial charge in [0.2, 0.25) is 5.91 Å². The quantitative estimate of drug-likeness (QED) is 0.798. The Balaban J connectivity index is 1.47. The van der Waals surface area contributed by atoms with E-state index in [0.717, 1.165) is 37.2 Å². The number of hydrogen-bond donors (Lipinski definition) is 2. The number of fused-ring (bicyclic) bond motifs is 4. The highest BCUT2D eigenvalue weighted by Crippen LogP contribution is 2.42. The van der Waals surface area contributed by atoms with Gasteiger partial charge in [-0.2, -0.15) is 0 Å². The molecule has 3 aliphatic rings. The predicted octanol–water partition coefficient (Wildman–Crippen LogP) is 2.28. The molecule has 4 atom stereocenters. The second-order valence-electron chi connectivity index (χ2n) is 8.88. The summed E-state index contributed by atoms with van der Waals surface area (Å²) >= 11 is 0. The molecule has 0 radical (unpaired) electrons. The molecule has 6 heteroatoms. The first-order valence-electron chi connectivity index (χ1n) is 11.3. The molecular weight excluding hydrogens is 390 g/mol. The molecule has 162 valence electrons. The molecule has 2 saturated heterocycles. The van der Waals surface area contributed by atoms with Gasteiger partial charge in [0.25, 0.3) is 5.56 Å². The number of carbonyl (C=O) groups is 1. The van der Waals surface area contributed by atoms with E-state index in [2.05, 4.69) is 5.32 Å². The second kappa shape index (κ2) is 8.44. The summed E-state index contributed by atoms with van der Waals surface area (Å²) in [7, 11) is 0. The summed E-state index contributed by atoms with van der Waals surface area (Å²) in [6.07, 6.45) is 7.04. The summed E-state index contributed by atoms with van der Waals surface area (Å²) < 4.78 is 1.81. The van der Waals surface area contributed by atoms with E-state index in [1.54, 1.807) is 0 Å². The zero-order chi connectivity index (χ0) is 21.4. The minimum Gasteiger partial charge on any atom is -0.396 e. The van der Waals surface area contributed by atoms with Crippen molar-refractivity contribution in [3.8, 4) is 0 Å². The number of likely N-dealkylation sites (tertiary alicyclic amines) is 1. The third kappa shape index (κ3) is 3.64. The van der Waals surface area contributed by atoms with Gasteiger partial charge in [0.15, 0.2) is 0 Å². The Morgan fingerprint density at radius 1 is 1.06 bits per heavy atom. The number of rotatable bonds is 4. The number of nitrogens with one attached hydrogen (secondary N) is 1. The molecule has 2 bridgehead atoms. The molecule has 1 amide bonds. The van der Waals surface area contributed by atoms with Crippen LogP contribution in [0.2, 0.25) is 0 Å². The third-order valence-electron chi connectivity index (χ3n) is 7.08. The molecular formula is C25H29N3O3. The van der Waals surface area contributed by atoms with E-state index in [0.29, 0.717) is 12.1 Å². The Bertz CT molecular complexity index is 1040. The van der Waals surface area contributed by atoms with Crippen LogP contribution in [0, 0.1) is 11.8 Å². The molecule has 2 aromatic rings. The van der Waals surface area contributed by atoms with Crippen LogP contribution in [0.3, 0.4) is 0 Å². The maximum Gasteiger partial charge on any atom is 0.258 e. The smallest absolute Gasteiger partial charge is 0.258 e. The average molecular weight is 420 g/mol. The van der Waals surface area contributed by atoms with E-state index in [9.17, 15) is 14.7 Å². The summed E-state index contributed by atoms with van der Waals surface area (Å²) in [5.74, 6) is -0.387. The lowest BCUT2D eigenvalue weighted by Crippen LogP contribution is -2.44. The van der Waals surface area contributed by atoms with Crippen molar-refractivity contribution in [2.75, 3.05) is 19.7 Å². The first-order valence-corrected chi connectivity index (χ1v) is 11.3. The molecule has 6 nitrogen and oxygen atoms in total. The van der Waals surface area contributed by atoms with Gasteiger partial charge in [0.1, 0.15) is 0 Å². The summed E-state index contributed by atoms with van der Waals surface area (Å²) in [4.78, 5) is 28.6. The molecule has 0 spiro atoms. The Labute approximate surface area is 182 Å². The molecule has 0 saturated carbocycles. The lowest BCUT2D eigenvalue weighted by molar-refractivity contribution is -0.138. The first kappa shape index (κ1) is 20.2. The molecule has 2 fully saturated rings. The van der Waals surface area contributed by atoms with E-state index in [-0.39, 0.29) is 42.0 Å². The predicted molar refractivity (Wildman–Crippen MR) is 120 cm³/mol. The van der Waals surface area contributed by atoms with Crippen LogP contribution in [-0.4, -0.2) is 46.2 Å². The van der Waals surface area contributed by atoms with Crippen LogP contribution in [0.15, 0.2) is 47.3 Å². The summed E-state index contributed by atoms with van der Waals surface area (Å²) in [6.45, 7) is 2.01. The summed E-state index contributed by atoms with van der Waals surface area (Å²) in [6, 6.07) is 13.4. The number of carbonyl (C=O) groups excluding carboxylic acids is 1. The average Bonchev–Trinajstić information content (AvgIpc) is 3.12. The van der Waals surface area contributed by atoms with Crippen molar-refractivity contribution in [3.63, 3.8) is 0 Å². The molecule has 2 N–H and O–H groups in total. The second-order valence-corrected chi connectivity index (χ2v) is 8.88. The van der Waals surface area contributed by atoms with Gasteiger partial charge < -0.3 is 19.9 Å². The zero-order valence-electron chi connectivity index (χ0n) is 17.6. The highest BCUT2D eigenvalue weighted by atomic mass is 16.3. The van der Waals surface area contributed by atoms with Crippen LogP contribution in [0.4, 0.5) is 0 Å². The van der Waals surface area contributed by atoms with Crippen molar-refractivity contribution >= 4 is 18.1 Å². The van der Waals surface area contributed by atoms with Crippen LogP contribution in [0.25, 0.3) is 12.2 Å². The first-order chi connectivity index (χ1) is 15.2. The van der Waals surface area contributed by atoms with Gasteiger partial charge in [-0.1, -0.05) is 36.4 Å². The number of nitrogens with zero attached hydrogens (tertiary/aromatic N) is 2. The fraction of sp³-hybridized carbons (Fsp3) is 0.440. The van der Waals surface area contributed by atoms with Crippen molar-refractivity contribution < 1.29 is 9.90 Å². The van der Waals surface area contributed by atoms with E-state index in [1.807, 2.05) is 64.1 Å². The fourth-order valence-corrected chi connectivity index (χ4v) is 5.45. The van der Waals surface area contributed by atoms with E-state index < -0.39 is 0 Å². The lowest BCUT2D eigenvalue weighted by Gasteiger charge is -2.32. The molecule has 4 heterocycles. The third-order valence-corrected chi connectivity index (χ3v) is 7.08. The van der Waals surface area contributed by atoms with Crippen molar-refractivity contribution in [1.82, 2.24) is 14.8 Å². The van der Waals surface area contributed by atoms with Crippen LogP contribution in [-0.2, 0) is 11.3 Å².